The summed E-state index contributed by atoms with van der Waals surface area (Å²) in [5.41, 5.74) is 7.60. The monoisotopic (exact) mass is 417 g/mol. The predicted molar refractivity (Wildman–Crippen MR) is 109 cm³/mol. The minimum atomic E-state index is -0.801. The molecule has 1 saturated carbocycles. The number of amides is 2. The summed E-state index contributed by atoms with van der Waals surface area (Å²) in [6.45, 7) is 0.230. The number of carbonyl (C=O) groups excluding carboxylic acids is 2. The van der Waals surface area contributed by atoms with Crippen molar-refractivity contribution in [2.75, 3.05) is 12.4 Å². The van der Waals surface area contributed by atoms with Gasteiger partial charge in [-0.15, -0.1) is 0 Å². The van der Waals surface area contributed by atoms with Crippen LogP contribution in [-0.4, -0.2) is 36.1 Å². The maximum absolute atomic E-state index is 13.7. The molecule has 0 bridgehead atoms. The molecule has 0 saturated heterocycles. The lowest BCUT2D eigenvalue weighted by Gasteiger charge is -2.38. The van der Waals surface area contributed by atoms with Crippen LogP contribution in [0.1, 0.15) is 41.6 Å². The molecule has 0 heterocycles. The predicted octanol–water partition coefficient (Wildman–Crippen LogP) is 4.06. The van der Waals surface area contributed by atoms with Crippen molar-refractivity contribution in [1.29, 1.82) is 0 Å². The molecule has 1 aliphatic rings. The smallest absolute Gasteiger partial charge is 0.411 e. The number of rotatable bonds is 5. The summed E-state index contributed by atoms with van der Waals surface area (Å²) in [4.78, 5) is 26.1. The average Bonchev–Trinajstić information content (AvgIpc) is 2.72. The van der Waals surface area contributed by atoms with Crippen molar-refractivity contribution in [2.24, 2.45) is 5.73 Å². The van der Waals surface area contributed by atoms with Gasteiger partial charge in [-0.25, -0.2) is 13.6 Å². The average molecular weight is 417 g/mol. The Bertz CT molecular complexity index is 885. The molecule has 1 fully saturated rings. The molecule has 2 amide bonds. The van der Waals surface area contributed by atoms with E-state index in [0.717, 1.165) is 49.4 Å². The van der Waals surface area contributed by atoms with Gasteiger partial charge in [0.15, 0.2) is 0 Å². The highest BCUT2D eigenvalue weighted by Crippen LogP contribution is 2.26. The first-order valence-electron chi connectivity index (χ1n) is 9.84. The molecule has 0 aromatic heterocycles. The van der Waals surface area contributed by atoms with Crippen LogP contribution in [0.5, 0.6) is 0 Å². The molecule has 3 N–H and O–H groups in total. The van der Waals surface area contributed by atoms with Gasteiger partial charge in [0, 0.05) is 35.9 Å². The fraction of sp³-hybridized carbons (Fsp3) is 0.364. The van der Waals surface area contributed by atoms with Crippen molar-refractivity contribution >= 4 is 17.7 Å². The zero-order valence-electron chi connectivity index (χ0n) is 16.7. The molecule has 30 heavy (non-hydrogen) atoms. The van der Waals surface area contributed by atoms with Gasteiger partial charge < -0.3 is 15.4 Å². The van der Waals surface area contributed by atoms with Crippen LogP contribution in [0.15, 0.2) is 42.5 Å². The summed E-state index contributed by atoms with van der Waals surface area (Å²) < 4.78 is 32.0. The molecule has 2 atom stereocenters. The summed E-state index contributed by atoms with van der Waals surface area (Å²) in [5.74, 6) is -2.07. The van der Waals surface area contributed by atoms with Crippen molar-refractivity contribution in [1.82, 2.24) is 4.90 Å². The van der Waals surface area contributed by atoms with E-state index in [9.17, 15) is 18.4 Å². The van der Waals surface area contributed by atoms with Gasteiger partial charge in [0.25, 0.3) is 5.91 Å². The largest absolute Gasteiger partial charge is 0.453 e. The Labute approximate surface area is 174 Å². The number of ether oxygens (including phenoxy) is 1. The van der Waals surface area contributed by atoms with E-state index in [1.807, 2.05) is 0 Å². The maximum Gasteiger partial charge on any atom is 0.411 e. The first-order chi connectivity index (χ1) is 14.4. The van der Waals surface area contributed by atoms with Gasteiger partial charge in [-0.3, -0.25) is 10.1 Å². The highest BCUT2D eigenvalue weighted by atomic mass is 19.1. The van der Waals surface area contributed by atoms with Crippen molar-refractivity contribution < 1.29 is 23.1 Å². The van der Waals surface area contributed by atoms with Gasteiger partial charge in [-0.05, 0) is 42.7 Å². The number of nitrogens with two attached hydrogens (primary N) is 1. The number of anilines is 1. The number of methoxy groups -OCH3 is 1. The molecule has 6 nitrogen and oxygen atoms in total. The van der Waals surface area contributed by atoms with E-state index in [2.05, 4.69) is 10.1 Å². The molecule has 0 aliphatic heterocycles. The van der Waals surface area contributed by atoms with E-state index < -0.39 is 23.6 Å². The first kappa shape index (κ1) is 21.7. The second kappa shape index (κ2) is 9.67. The molecule has 2 unspecified atom stereocenters. The molecule has 3 rings (SSSR count). The Kier molecular flexibility index (Phi) is 6.99. The van der Waals surface area contributed by atoms with E-state index in [0.29, 0.717) is 5.69 Å². The SMILES string of the molecule is COC(=O)Nc1ccc(CN(C(=O)c2cc(F)cc(F)c2)C2CCCCC2N)cc1. The molecule has 0 radical (unpaired) electrons. The van der Waals surface area contributed by atoms with Crippen LogP contribution in [0.4, 0.5) is 19.3 Å². The lowest BCUT2D eigenvalue weighted by molar-refractivity contribution is 0.0582. The fourth-order valence-electron chi connectivity index (χ4n) is 3.77. The third-order valence-electron chi connectivity index (χ3n) is 5.29. The Morgan fingerprint density at radius 2 is 1.73 bits per heavy atom. The normalized spacial score (nSPS) is 18.5. The molecular weight excluding hydrogens is 392 g/mol. The standard InChI is InChI=1S/C22H25F2N3O3/c1-30-22(29)26-18-8-6-14(7-9-18)13-27(20-5-3-2-4-19(20)25)21(28)15-10-16(23)12-17(24)11-15/h6-12,19-20H,2-5,13,25H2,1H3,(H,26,29). The van der Waals surface area contributed by atoms with Gasteiger partial charge in [0.2, 0.25) is 0 Å². The highest BCUT2D eigenvalue weighted by Gasteiger charge is 2.32. The highest BCUT2D eigenvalue weighted by molar-refractivity contribution is 5.94. The summed E-state index contributed by atoms with van der Waals surface area (Å²) in [6.07, 6.45) is 2.85. The lowest BCUT2D eigenvalue weighted by atomic mass is 9.89. The molecular formula is C22H25F2N3O3. The van der Waals surface area contributed by atoms with E-state index in [4.69, 9.17) is 5.73 Å². The van der Waals surface area contributed by atoms with Gasteiger partial charge in [-0.2, -0.15) is 0 Å². The number of halogens is 2. The lowest BCUT2D eigenvalue weighted by Crippen LogP contribution is -2.51. The number of carbonyl (C=O) groups is 2. The quantitative estimate of drug-likeness (QED) is 0.769. The van der Waals surface area contributed by atoms with Crippen molar-refractivity contribution in [2.45, 2.75) is 44.3 Å². The minimum Gasteiger partial charge on any atom is -0.453 e. The molecule has 2 aromatic rings. The number of nitrogens with zero attached hydrogens (tertiary/aromatic N) is 1. The van der Waals surface area contributed by atoms with Crippen LogP contribution in [0.2, 0.25) is 0 Å². The zero-order chi connectivity index (χ0) is 21.7. The van der Waals surface area contributed by atoms with E-state index in [-0.39, 0.29) is 24.2 Å². The van der Waals surface area contributed by atoms with Crippen molar-refractivity contribution in [3.8, 4) is 0 Å². The Balaban J connectivity index is 1.86. The minimum absolute atomic E-state index is 0.0470. The topological polar surface area (TPSA) is 84.7 Å². The summed E-state index contributed by atoms with van der Waals surface area (Å²) >= 11 is 0. The number of hydrogen-bond acceptors (Lipinski definition) is 4. The van der Waals surface area contributed by atoms with Gasteiger partial charge >= 0.3 is 6.09 Å². The third-order valence-corrected chi connectivity index (χ3v) is 5.29. The van der Waals surface area contributed by atoms with Gasteiger partial charge in [-0.1, -0.05) is 25.0 Å². The van der Waals surface area contributed by atoms with E-state index in [1.54, 1.807) is 29.2 Å². The Hall–Kier alpha value is -3.00. The third kappa shape index (κ3) is 5.33. The number of hydrogen-bond donors (Lipinski definition) is 2. The van der Waals surface area contributed by atoms with Crippen LogP contribution in [-0.2, 0) is 11.3 Å². The summed E-state index contributed by atoms with van der Waals surface area (Å²) in [5, 5.41) is 2.56. The first-order valence-corrected chi connectivity index (χ1v) is 9.84. The van der Waals surface area contributed by atoms with Gasteiger partial charge in [0.05, 0.1) is 7.11 Å². The number of nitrogens with one attached hydrogen (secondary N) is 1. The molecule has 0 spiro atoms. The molecule has 8 heteroatoms. The van der Waals surface area contributed by atoms with Gasteiger partial charge in [0.1, 0.15) is 11.6 Å². The van der Waals surface area contributed by atoms with Crippen LogP contribution in [0.3, 0.4) is 0 Å². The second-order valence-electron chi connectivity index (χ2n) is 7.42. The van der Waals surface area contributed by atoms with Crippen LogP contribution in [0, 0.1) is 11.6 Å². The molecule has 1 aliphatic carbocycles. The zero-order valence-corrected chi connectivity index (χ0v) is 16.7. The summed E-state index contributed by atoms with van der Waals surface area (Å²) in [7, 11) is 1.27. The molecule has 2 aromatic carbocycles. The van der Waals surface area contributed by atoms with E-state index in [1.165, 1.54) is 7.11 Å². The summed E-state index contributed by atoms with van der Waals surface area (Å²) in [6, 6.07) is 9.30. The Morgan fingerprint density at radius 1 is 1.10 bits per heavy atom. The number of benzene rings is 2. The second-order valence-corrected chi connectivity index (χ2v) is 7.42. The van der Waals surface area contributed by atoms with E-state index >= 15 is 0 Å². The Morgan fingerprint density at radius 3 is 2.33 bits per heavy atom. The maximum atomic E-state index is 13.7. The fourth-order valence-corrected chi connectivity index (χ4v) is 3.77. The van der Waals surface area contributed by atoms with Crippen LogP contribution >= 0.6 is 0 Å². The van der Waals surface area contributed by atoms with Crippen molar-refractivity contribution in [3.63, 3.8) is 0 Å². The molecule has 160 valence electrons. The van der Waals surface area contributed by atoms with Crippen molar-refractivity contribution in [3.05, 3.63) is 65.2 Å². The van der Waals surface area contributed by atoms with Crippen LogP contribution < -0.4 is 11.1 Å². The van der Waals surface area contributed by atoms with Crippen LogP contribution in [0.25, 0.3) is 0 Å².